The van der Waals surface area contributed by atoms with E-state index in [1.807, 2.05) is 6.21 Å². The zero-order chi connectivity index (χ0) is 16.1. The highest BCUT2D eigenvalue weighted by Gasteiger charge is 2.15. The molecule has 0 radical (unpaired) electrons. The van der Waals surface area contributed by atoms with Crippen molar-refractivity contribution in [3.63, 3.8) is 0 Å². The van der Waals surface area contributed by atoms with Crippen LogP contribution in [0.3, 0.4) is 0 Å². The summed E-state index contributed by atoms with van der Waals surface area (Å²) < 4.78 is 0. The van der Waals surface area contributed by atoms with Gasteiger partial charge in [-0.05, 0) is 30.5 Å². The summed E-state index contributed by atoms with van der Waals surface area (Å²) in [7, 11) is 0. The Morgan fingerprint density at radius 3 is 2.30 bits per heavy atom. The fraction of sp³-hybridized carbons (Fsp3) is 0.350. The second-order valence-electron chi connectivity index (χ2n) is 6.32. The molecule has 2 aromatic carbocycles. The first-order valence-electron chi connectivity index (χ1n) is 8.33. The van der Waals surface area contributed by atoms with Crippen molar-refractivity contribution in [1.82, 2.24) is 9.91 Å². The fourth-order valence-electron chi connectivity index (χ4n) is 2.84. The molecule has 3 heteroatoms. The van der Waals surface area contributed by atoms with Crippen molar-refractivity contribution >= 4 is 6.21 Å². The molecule has 1 aliphatic heterocycles. The Hall–Kier alpha value is -2.13. The summed E-state index contributed by atoms with van der Waals surface area (Å²) in [5, 5.41) is 6.83. The van der Waals surface area contributed by atoms with E-state index in [1.165, 1.54) is 22.3 Å². The van der Waals surface area contributed by atoms with E-state index < -0.39 is 0 Å². The number of hydrogen-bond donors (Lipinski definition) is 0. The fourth-order valence-corrected chi connectivity index (χ4v) is 2.84. The lowest BCUT2D eigenvalue weighted by atomic mass is 10.1. The molecule has 0 saturated carbocycles. The van der Waals surface area contributed by atoms with E-state index in [0.29, 0.717) is 0 Å². The van der Waals surface area contributed by atoms with Crippen LogP contribution in [0.1, 0.15) is 22.3 Å². The molecule has 1 fully saturated rings. The Bertz CT molecular complexity index is 653. The number of hydrazone groups is 1. The van der Waals surface area contributed by atoms with E-state index in [-0.39, 0.29) is 0 Å². The van der Waals surface area contributed by atoms with Gasteiger partial charge in [0.05, 0.1) is 6.21 Å². The first kappa shape index (κ1) is 15.8. The maximum atomic E-state index is 4.65. The van der Waals surface area contributed by atoms with Crippen LogP contribution in [-0.2, 0) is 6.54 Å². The molecule has 0 atom stereocenters. The number of rotatable bonds is 4. The molecule has 0 aromatic heterocycles. The van der Waals surface area contributed by atoms with Crippen molar-refractivity contribution in [2.75, 3.05) is 26.2 Å². The number of hydrogen-bond acceptors (Lipinski definition) is 3. The van der Waals surface area contributed by atoms with Gasteiger partial charge in [0, 0.05) is 32.7 Å². The summed E-state index contributed by atoms with van der Waals surface area (Å²) in [6.07, 6.45) is 1.99. The second-order valence-corrected chi connectivity index (χ2v) is 6.32. The summed E-state index contributed by atoms with van der Waals surface area (Å²) in [5.74, 6) is 0. The molecule has 3 nitrogen and oxygen atoms in total. The lowest BCUT2D eigenvalue weighted by Crippen LogP contribution is -2.43. The molecular weight excluding hydrogens is 282 g/mol. The number of piperazine rings is 1. The Kier molecular flexibility index (Phi) is 5.09. The van der Waals surface area contributed by atoms with Gasteiger partial charge in [0.25, 0.3) is 0 Å². The van der Waals surface area contributed by atoms with Crippen LogP contribution in [0.25, 0.3) is 0 Å². The predicted octanol–water partition coefficient (Wildman–Crippen LogP) is 3.46. The summed E-state index contributed by atoms with van der Waals surface area (Å²) in [6, 6.07) is 17.2. The first-order valence-corrected chi connectivity index (χ1v) is 8.33. The molecule has 1 heterocycles. The Morgan fingerprint density at radius 2 is 1.61 bits per heavy atom. The molecule has 0 bridgehead atoms. The van der Waals surface area contributed by atoms with Crippen molar-refractivity contribution in [2.45, 2.75) is 20.4 Å². The van der Waals surface area contributed by atoms with Gasteiger partial charge < -0.3 is 0 Å². The quantitative estimate of drug-likeness (QED) is 0.806. The molecule has 0 N–H and O–H groups in total. The third-order valence-electron chi connectivity index (χ3n) is 4.42. The standard InChI is InChI=1S/C20H25N3/c1-17-7-9-19(10-8-17)16-22-11-13-23(14-12-22)21-15-20-6-4-3-5-18(20)2/h3-10,15H,11-14,16H2,1-2H3/b21-15+. The highest BCUT2D eigenvalue weighted by molar-refractivity contribution is 5.81. The van der Waals surface area contributed by atoms with Crippen LogP contribution >= 0.6 is 0 Å². The van der Waals surface area contributed by atoms with Gasteiger partial charge in [-0.15, -0.1) is 0 Å². The lowest BCUT2D eigenvalue weighted by Gasteiger charge is -2.33. The van der Waals surface area contributed by atoms with Crippen LogP contribution in [0.2, 0.25) is 0 Å². The third kappa shape index (κ3) is 4.42. The average Bonchev–Trinajstić information content (AvgIpc) is 2.58. The van der Waals surface area contributed by atoms with Crippen molar-refractivity contribution in [3.05, 3.63) is 70.8 Å². The number of aryl methyl sites for hydroxylation is 2. The maximum absolute atomic E-state index is 4.65. The molecule has 1 saturated heterocycles. The van der Waals surface area contributed by atoms with Crippen LogP contribution in [0.5, 0.6) is 0 Å². The highest BCUT2D eigenvalue weighted by Crippen LogP contribution is 2.10. The van der Waals surface area contributed by atoms with Crippen molar-refractivity contribution in [1.29, 1.82) is 0 Å². The molecule has 2 aromatic rings. The van der Waals surface area contributed by atoms with Gasteiger partial charge >= 0.3 is 0 Å². The molecule has 0 aliphatic carbocycles. The van der Waals surface area contributed by atoms with Gasteiger partial charge in [-0.25, -0.2) is 0 Å². The molecule has 0 spiro atoms. The van der Waals surface area contributed by atoms with E-state index in [2.05, 4.69) is 77.4 Å². The van der Waals surface area contributed by atoms with Gasteiger partial charge in [0.2, 0.25) is 0 Å². The molecule has 1 aliphatic rings. The maximum Gasteiger partial charge on any atom is 0.0545 e. The minimum atomic E-state index is 0.994. The lowest BCUT2D eigenvalue weighted by molar-refractivity contribution is 0.131. The van der Waals surface area contributed by atoms with Gasteiger partial charge in [0.15, 0.2) is 0 Å². The van der Waals surface area contributed by atoms with Crippen molar-refractivity contribution < 1.29 is 0 Å². The minimum Gasteiger partial charge on any atom is -0.295 e. The summed E-state index contributed by atoms with van der Waals surface area (Å²) >= 11 is 0. The van der Waals surface area contributed by atoms with E-state index in [0.717, 1.165) is 32.7 Å². The first-order chi connectivity index (χ1) is 11.2. The van der Waals surface area contributed by atoms with E-state index >= 15 is 0 Å². The Labute approximate surface area is 139 Å². The van der Waals surface area contributed by atoms with E-state index in [9.17, 15) is 0 Å². The van der Waals surface area contributed by atoms with Crippen LogP contribution in [0.15, 0.2) is 53.6 Å². The average molecular weight is 307 g/mol. The smallest absolute Gasteiger partial charge is 0.0545 e. The highest BCUT2D eigenvalue weighted by atomic mass is 15.5. The van der Waals surface area contributed by atoms with E-state index in [4.69, 9.17) is 0 Å². The topological polar surface area (TPSA) is 18.8 Å². The molecule has 3 rings (SSSR count). The van der Waals surface area contributed by atoms with Crippen molar-refractivity contribution in [2.24, 2.45) is 5.10 Å². The molecule has 0 unspecified atom stereocenters. The van der Waals surface area contributed by atoms with Crippen LogP contribution in [-0.4, -0.2) is 42.3 Å². The SMILES string of the molecule is Cc1ccc(CN2CCN(/N=C/c3ccccc3C)CC2)cc1. The van der Waals surface area contributed by atoms with Gasteiger partial charge in [-0.3, -0.25) is 9.91 Å². The molecule has 120 valence electrons. The Morgan fingerprint density at radius 1 is 0.913 bits per heavy atom. The van der Waals surface area contributed by atoms with E-state index in [1.54, 1.807) is 0 Å². The molecular formula is C20H25N3. The van der Waals surface area contributed by atoms with Crippen LogP contribution in [0.4, 0.5) is 0 Å². The Balaban J connectivity index is 1.50. The van der Waals surface area contributed by atoms with Crippen LogP contribution in [0, 0.1) is 13.8 Å². The number of nitrogens with zero attached hydrogens (tertiary/aromatic N) is 3. The zero-order valence-electron chi connectivity index (χ0n) is 14.1. The largest absolute Gasteiger partial charge is 0.295 e. The van der Waals surface area contributed by atoms with Crippen molar-refractivity contribution in [3.8, 4) is 0 Å². The normalized spacial score (nSPS) is 16.2. The van der Waals surface area contributed by atoms with Gasteiger partial charge in [-0.1, -0.05) is 54.1 Å². The molecule has 23 heavy (non-hydrogen) atoms. The monoisotopic (exact) mass is 307 g/mol. The zero-order valence-corrected chi connectivity index (χ0v) is 14.1. The third-order valence-corrected chi connectivity index (χ3v) is 4.42. The van der Waals surface area contributed by atoms with Gasteiger partial charge in [-0.2, -0.15) is 5.10 Å². The number of benzene rings is 2. The minimum absolute atomic E-state index is 0.994. The summed E-state index contributed by atoms with van der Waals surface area (Å²) in [6.45, 7) is 9.42. The predicted molar refractivity (Wildman–Crippen MR) is 96.8 cm³/mol. The van der Waals surface area contributed by atoms with Gasteiger partial charge in [0.1, 0.15) is 0 Å². The summed E-state index contributed by atoms with van der Waals surface area (Å²) in [5.41, 5.74) is 5.19. The summed E-state index contributed by atoms with van der Waals surface area (Å²) in [4.78, 5) is 2.50. The second kappa shape index (κ2) is 7.42. The van der Waals surface area contributed by atoms with Crippen LogP contribution < -0.4 is 0 Å². The molecule has 0 amide bonds.